The molecule has 1 amide bonds. The smallest absolute Gasteiger partial charge is 0.232 e. The second-order valence-electron chi connectivity index (χ2n) is 4.98. The summed E-state index contributed by atoms with van der Waals surface area (Å²) < 4.78 is 37.9. The molecule has 1 rings (SSSR count). The Morgan fingerprint density at radius 1 is 1.14 bits per heavy atom. The zero-order chi connectivity index (χ0) is 16.8. The van der Waals surface area contributed by atoms with Crippen LogP contribution in [-0.2, 0) is 14.8 Å². The van der Waals surface area contributed by atoms with Crippen LogP contribution in [0.2, 0.25) is 0 Å². The SMILES string of the molecule is CCN(CC)C(=O)CCCN(c1ccc(F)cc1)S(C)(=O)=O. The summed E-state index contributed by atoms with van der Waals surface area (Å²) in [5.74, 6) is -0.411. The molecule has 0 aliphatic rings. The number of sulfonamides is 1. The third-order valence-corrected chi connectivity index (χ3v) is 4.58. The predicted molar refractivity (Wildman–Crippen MR) is 85.8 cm³/mol. The second-order valence-corrected chi connectivity index (χ2v) is 6.89. The molecule has 0 heterocycles. The fourth-order valence-electron chi connectivity index (χ4n) is 2.20. The van der Waals surface area contributed by atoms with Crippen LogP contribution in [0.4, 0.5) is 10.1 Å². The number of nitrogens with zero attached hydrogens (tertiary/aromatic N) is 2. The summed E-state index contributed by atoms with van der Waals surface area (Å²) in [5, 5.41) is 0. The van der Waals surface area contributed by atoms with Gasteiger partial charge in [-0.25, -0.2) is 12.8 Å². The highest BCUT2D eigenvalue weighted by atomic mass is 32.2. The van der Waals surface area contributed by atoms with Gasteiger partial charge in [0.25, 0.3) is 0 Å². The summed E-state index contributed by atoms with van der Waals surface area (Å²) in [4.78, 5) is 13.6. The van der Waals surface area contributed by atoms with Gasteiger partial charge in [-0.3, -0.25) is 9.10 Å². The standard InChI is InChI=1S/C15H23FN2O3S/c1-4-17(5-2)15(19)7-6-12-18(22(3,20)21)14-10-8-13(16)9-11-14/h8-11H,4-7,12H2,1-3H3. The molecule has 0 spiro atoms. The average Bonchev–Trinajstić information content (AvgIpc) is 2.45. The lowest BCUT2D eigenvalue weighted by molar-refractivity contribution is -0.130. The van der Waals surface area contributed by atoms with E-state index >= 15 is 0 Å². The Labute approximate surface area is 131 Å². The summed E-state index contributed by atoms with van der Waals surface area (Å²) in [7, 11) is -3.47. The molecule has 0 bridgehead atoms. The number of halogens is 1. The van der Waals surface area contributed by atoms with Gasteiger partial charge in [0.2, 0.25) is 15.9 Å². The molecule has 0 radical (unpaired) electrons. The van der Waals surface area contributed by atoms with Crippen LogP contribution in [0.3, 0.4) is 0 Å². The summed E-state index contributed by atoms with van der Waals surface area (Å²) in [6.07, 6.45) is 1.80. The van der Waals surface area contributed by atoms with Crippen molar-refractivity contribution in [3.63, 3.8) is 0 Å². The molecule has 0 atom stereocenters. The minimum absolute atomic E-state index is 0.0116. The van der Waals surface area contributed by atoms with E-state index in [1.54, 1.807) is 4.90 Å². The molecule has 124 valence electrons. The number of carbonyl (C=O) groups is 1. The van der Waals surface area contributed by atoms with Crippen molar-refractivity contribution in [1.82, 2.24) is 4.90 Å². The summed E-state index contributed by atoms with van der Waals surface area (Å²) >= 11 is 0. The van der Waals surface area contributed by atoms with E-state index in [2.05, 4.69) is 0 Å². The Balaban J connectivity index is 2.72. The van der Waals surface area contributed by atoms with Crippen molar-refractivity contribution in [1.29, 1.82) is 0 Å². The highest BCUT2D eigenvalue weighted by Gasteiger charge is 2.18. The minimum atomic E-state index is -3.47. The number of amides is 1. The van der Waals surface area contributed by atoms with Gasteiger partial charge in [-0.05, 0) is 44.5 Å². The first-order valence-electron chi connectivity index (χ1n) is 7.30. The molecule has 1 aromatic carbocycles. The highest BCUT2D eigenvalue weighted by molar-refractivity contribution is 7.92. The van der Waals surface area contributed by atoms with Gasteiger partial charge in [0.15, 0.2) is 0 Å². The summed E-state index contributed by atoms with van der Waals surface area (Å²) in [5.41, 5.74) is 0.402. The van der Waals surface area contributed by atoms with Crippen LogP contribution in [0.25, 0.3) is 0 Å². The van der Waals surface area contributed by atoms with Gasteiger partial charge in [-0.2, -0.15) is 0 Å². The van der Waals surface area contributed by atoms with Crippen LogP contribution < -0.4 is 4.31 Å². The zero-order valence-corrected chi connectivity index (χ0v) is 14.1. The monoisotopic (exact) mass is 330 g/mol. The number of benzene rings is 1. The van der Waals surface area contributed by atoms with Crippen molar-refractivity contribution in [2.45, 2.75) is 26.7 Å². The lowest BCUT2D eigenvalue weighted by Crippen LogP contribution is -2.33. The minimum Gasteiger partial charge on any atom is -0.343 e. The van der Waals surface area contributed by atoms with Crippen molar-refractivity contribution in [2.75, 3.05) is 30.2 Å². The Morgan fingerprint density at radius 2 is 1.68 bits per heavy atom. The quantitative estimate of drug-likeness (QED) is 0.734. The van der Waals surface area contributed by atoms with E-state index in [-0.39, 0.29) is 18.9 Å². The molecular weight excluding hydrogens is 307 g/mol. The van der Waals surface area contributed by atoms with Crippen molar-refractivity contribution in [2.24, 2.45) is 0 Å². The maximum absolute atomic E-state index is 13.0. The van der Waals surface area contributed by atoms with Crippen molar-refractivity contribution < 1.29 is 17.6 Å². The molecular formula is C15H23FN2O3S. The molecule has 0 fully saturated rings. The van der Waals surface area contributed by atoms with Gasteiger partial charge in [0.05, 0.1) is 11.9 Å². The molecule has 0 saturated carbocycles. The molecule has 5 nitrogen and oxygen atoms in total. The van der Waals surface area contributed by atoms with Crippen molar-refractivity contribution >= 4 is 21.6 Å². The first kappa shape index (κ1) is 18.4. The number of rotatable bonds is 8. The van der Waals surface area contributed by atoms with Crippen LogP contribution >= 0.6 is 0 Å². The molecule has 0 aliphatic heterocycles. The normalized spacial score (nSPS) is 11.3. The van der Waals surface area contributed by atoms with Crippen LogP contribution in [-0.4, -0.2) is 45.1 Å². The van der Waals surface area contributed by atoms with Gasteiger partial charge in [0.1, 0.15) is 5.82 Å². The third kappa shape index (κ3) is 5.29. The largest absolute Gasteiger partial charge is 0.343 e. The second kappa shape index (κ2) is 8.12. The van der Waals surface area contributed by atoms with Gasteiger partial charge in [-0.15, -0.1) is 0 Å². The predicted octanol–water partition coefficient (Wildman–Crippen LogP) is 2.24. The van der Waals surface area contributed by atoms with Crippen LogP contribution in [0.1, 0.15) is 26.7 Å². The number of carbonyl (C=O) groups excluding carboxylic acids is 1. The molecule has 0 N–H and O–H groups in total. The fraction of sp³-hybridized carbons (Fsp3) is 0.533. The lowest BCUT2D eigenvalue weighted by atomic mass is 10.2. The van der Waals surface area contributed by atoms with E-state index in [4.69, 9.17) is 0 Å². The number of hydrogen-bond donors (Lipinski definition) is 0. The van der Waals surface area contributed by atoms with E-state index in [9.17, 15) is 17.6 Å². The average molecular weight is 330 g/mol. The molecule has 22 heavy (non-hydrogen) atoms. The van der Waals surface area contributed by atoms with Gasteiger partial charge < -0.3 is 4.90 Å². The zero-order valence-electron chi connectivity index (χ0n) is 13.3. The number of hydrogen-bond acceptors (Lipinski definition) is 3. The molecule has 0 aliphatic carbocycles. The van der Waals surface area contributed by atoms with Crippen molar-refractivity contribution in [3.8, 4) is 0 Å². The van der Waals surface area contributed by atoms with Gasteiger partial charge in [0, 0.05) is 26.1 Å². The molecule has 0 unspecified atom stereocenters. The fourth-order valence-corrected chi connectivity index (χ4v) is 3.17. The Hall–Kier alpha value is -1.63. The van der Waals surface area contributed by atoms with Gasteiger partial charge >= 0.3 is 0 Å². The Bertz CT molecular complexity index is 583. The van der Waals surface area contributed by atoms with Crippen LogP contribution in [0.5, 0.6) is 0 Å². The number of anilines is 1. The molecule has 0 saturated heterocycles. The maximum Gasteiger partial charge on any atom is 0.232 e. The van der Waals surface area contributed by atoms with E-state index in [0.29, 0.717) is 25.2 Å². The Morgan fingerprint density at radius 3 is 2.14 bits per heavy atom. The summed E-state index contributed by atoms with van der Waals surface area (Å²) in [6.45, 7) is 5.29. The first-order valence-corrected chi connectivity index (χ1v) is 9.15. The van der Waals surface area contributed by atoms with E-state index in [1.807, 2.05) is 13.8 Å². The molecule has 7 heteroatoms. The first-order chi connectivity index (χ1) is 10.3. The summed E-state index contributed by atoms with van der Waals surface area (Å²) in [6, 6.07) is 5.27. The maximum atomic E-state index is 13.0. The highest BCUT2D eigenvalue weighted by Crippen LogP contribution is 2.18. The van der Waals surface area contributed by atoms with Crippen molar-refractivity contribution in [3.05, 3.63) is 30.1 Å². The van der Waals surface area contributed by atoms with Crippen LogP contribution in [0.15, 0.2) is 24.3 Å². The van der Waals surface area contributed by atoms with E-state index in [1.165, 1.54) is 28.6 Å². The third-order valence-electron chi connectivity index (χ3n) is 3.38. The van der Waals surface area contributed by atoms with Crippen LogP contribution in [0, 0.1) is 5.82 Å². The Kier molecular flexibility index (Phi) is 6.80. The topological polar surface area (TPSA) is 57.7 Å². The van der Waals surface area contributed by atoms with E-state index < -0.39 is 15.8 Å². The van der Waals surface area contributed by atoms with Gasteiger partial charge in [-0.1, -0.05) is 0 Å². The van der Waals surface area contributed by atoms with E-state index in [0.717, 1.165) is 6.26 Å². The lowest BCUT2D eigenvalue weighted by Gasteiger charge is -2.23. The molecule has 0 aromatic heterocycles. The molecule has 1 aromatic rings.